The van der Waals surface area contributed by atoms with Gasteiger partial charge in [0.25, 0.3) is 5.91 Å². The van der Waals surface area contributed by atoms with Crippen LogP contribution >= 0.6 is 0 Å². The number of carboxylic acids is 1. The Hall–Kier alpha value is -3.43. The number of rotatable bonds is 3. The van der Waals surface area contributed by atoms with E-state index in [2.05, 4.69) is 10.2 Å². The molecule has 1 saturated heterocycles. The predicted octanol–water partition coefficient (Wildman–Crippen LogP) is 3.71. The van der Waals surface area contributed by atoms with Crippen molar-refractivity contribution in [2.75, 3.05) is 13.1 Å². The average molecular weight is 444 g/mol. The molecule has 1 N–H and O–H groups in total. The number of carbonyl (C=O) groups excluding carboxylic acids is 1. The number of pyridine rings is 1. The van der Waals surface area contributed by atoms with Gasteiger partial charge in [0, 0.05) is 19.3 Å². The Labute approximate surface area is 180 Å². The molecule has 0 radical (unpaired) electrons. The summed E-state index contributed by atoms with van der Waals surface area (Å²) in [6.07, 6.45) is -1.90. The fourth-order valence-electron chi connectivity index (χ4n) is 5.14. The van der Waals surface area contributed by atoms with Crippen LogP contribution in [0.5, 0.6) is 0 Å². The number of hydrogen-bond acceptors (Lipinski definition) is 4. The molecule has 32 heavy (non-hydrogen) atoms. The van der Waals surface area contributed by atoms with Crippen molar-refractivity contribution in [2.24, 2.45) is 11.8 Å². The second-order valence-electron chi connectivity index (χ2n) is 8.46. The number of aromatic nitrogens is 3. The van der Waals surface area contributed by atoms with Crippen LogP contribution in [0.15, 0.2) is 42.6 Å². The number of carboxylic acid groups (broad SMARTS) is 1. The molecule has 166 valence electrons. The molecule has 1 saturated carbocycles. The molecule has 0 bridgehead atoms. The molecule has 10 heteroatoms. The van der Waals surface area contributed by atoms with Crippen LogP contribution in [-0.2, 0) is 6.18 Å². The zero-order chi connectivity index (χ0) is 22.6. The Bertz CT molecular complexity index is 1210. The molecule has 1 amide bonds. The Morgan fingerprint density at radius 2 is 1.69 bits per heavy atom. The molecule has 7 nitrogen and oxygen atoms in total. The van der Waals surface area contributed by atoms with Gasteiger partial charge in [-0.15, -0.1) is 10.2 Å². The first-order valence-corrected chi connectivity index (χ1v) is 10.3. The minimum Gasteiger partial charge on any atom is -0.478 e. The number of halogens is 3. The molecule has 3 aromatic rings. The number of benzene rings is 1. The van der Waals surface area contributed by atoms with Gasteiger partial charge in [-0.05, 0) is 54.4 Å². The number of fused-ring (bicyclic) bond motifs is 2. The van der Waals surface area contributed by atoms with Crippen molar-refractivity contribution in [3.8, 4) is 0 Å². The SMILES string of the molecule is O=C(O)c1ccc2nnc(C(=O)N3C[C@H]4C[C@H](c5ccccc5C(F)(F)F)C[C@H]4C3)n2c1. The lowest BCUT2D eigenvalue weighted by atomic mass is 9.91. The van der Waals surface area contributed by atoms with Crippen LogP contribution in [-0.4, -0.2) is 49.6 Å². The van der Waals surface area contributed by atoms with E-state index >= 15 is 0 Å². The van der Waals surface area contributed by atoms with E-state index in [-0.39, 0.29) is 35.0 Å². The van der Waals surface area contributed by atoms with Crippen molar-refractivity contribution in [1.29, 1.82) is 0 Å². The third kappa shape index (κ3) is 3.39. The molecule has 0 unspecified atom stereocenters. The predicted molar refractivity (Wildman–Crippen MR) is 106 cm³/mol. The molecule has 1 aliphatic carbocycles. The average Bonchev–Trinajstić information content (AvgIpc) is 3.45. The maximum absolute atomic E-state index is 13.4. The summed E-state index contributed by atoms with van der Waals surface area (Å²) in [4.78, 5) is 26.0. The monoisotopic (exact) mass is 444 g/mol. The quantitative estimate of drug-likeness (QED) is 0.666. The zero-order valence-electron chi connectivity index (χ0n) is 16.8. The maximum atomic E-state index is 13.4. The highest BCUT2D eigenvalue weighted by molar-refractivity contribution is 5.92. The highest BCUT2D eigenvalue weighted by Gasteiger charge is 2.45. The largest absolute Gasteiger partial charge is 0.478 e. The van der Waals surface area contributed by atoms with Crippen LogP contribution in [0.1, 0.15) is 50.9 Å². The van der Waals surface area contributed by atoms with Crippen LogP contribution in [0.2, 0.25) is 0 Å². The normalized spacial score (nSPS) is 23.0. The van der Waals surface area contributed by atoms with E-state index in [9.17, 15) is 27.9 Å². The van der Waals surface area contributed by atoms with Gasteiger partial charge in [-0.1, -0.05) is 18.2 Å². The summed E-state index contributed by atoms with van der Waals surface area (Å²) in [5.41, 5.74) is 0.122. The Kier molecular flexibility index (Phi) is 4.68. The Balaban J connectivity index is 1.34. The van der Waals surface area contributed by atoms with Gasteiger partial charge in [0.05, 0.1) is 11.1 Å². The topological polar surface area (TPSA) is 87.8 Å². The van der Waals surface area contributed by atoms with Gasteiger partial charge < -0.3 is 10.0 Å². The Morgan fingerprint density at radius 1 is 1.00 bits per heavy atom. The molecule has 2 aromatic heterocycles. The third-order valence-electron chi connectivity index (χ3n) is 6.58. The van der Waals surface area contributed by atoms with E-state index in [1.54, 1.807) is 17.0 Å². The molecular formula is C22H19F3N4O3. The van der Waals surface area contributed by atoms with Crippen molar-refractivity contribution in [1.82, 2.24) is 19.5 Å². The fourth-order valence-corrected chi connectivity index (χ4v) is 5.14. The molecular weight excluding hydrogens is 425 g/mol. The molecule has 1 aliphatic heterocycles. The number of likely N-dealkylation sites (tertiary alicyclic amines) is 1. The number of carbonyl (C=O) groups is 2. The van der Waals surface area contributed by atoms with Crippen LogP contribution < -0.4 is 0 Å². The smallest absolute Gasteiger partial charge is 0.416 e. The molecule has 5 rings (SSSR count). The van der Waals surface area contributed by atoms with E-state index in [4.69, 9.17) is 0 Å². The number of nitrogens with zero attached hydrogens (tertiary/aromatic N) is 4. The lowest BCUT2D eigenvalue weighted by Gasteiger charge is -2.21. The van der Waals surface area contributed by atoms with Gasteiger partial charge in [0.15, 0.2) is 5.65 Å². The summed E-state index contributed by atoms with van der Waals surface area (Å²) < 4.78 is 41.6. The van der Waals surface area contributed by atoms with Crippen LogP contribution in [0.4, 0.5) is 13.2 Å². The lowest BCUT2D eigenvalue weighted by Crippen LogP contribution is -2.31. The summed E-state index contributed by atoms with van der Waals surface area (Å²) in [6, 6.07) is 8.59. The van der Waals surface area contributed by atoms with Crippen LogP contribution in [0, 0.1) is 11.8 Å². The van der Waals surface area contributed by atoms with Crippen molar-refractivity contribution in [3.63, 3.8) is 0 Å². The van der Waals surface area contributed by atoms with Gasteiger partial charge in [-0.3, -0.25) is 9.20 Å². The molecule has 3 atom stereocenters. The minimum absolute atomic E-state index is 0.0100. The first kappa shape index (κ1) is 20.5. The summed E-state index contributed by atoms with van der Waals surface area (Å²) >= 11 is 0. The highest BCUT2D eigenvalue weighted by Crippen LogP contribution is 2.49. The molecule has 2 aliphatic rings. The van der Waals surface area contributed by atoms with E-state index in [1.807, 2.05) is 0 Å². The lowest BCUT2D eigenvalue weighted by molar-refractivity contribution is -0.138. The fraction of sp³-hybridized carbons (Fsp3) is 0.364. The first-order valence-electron chi connectivity index (χ1n) is 10.3. The number of amides is 1. The van der Waals surface area contributed by atoms with Gasteiger partial charge in [0.1, 0.15) is 0 Å². The second-order valence-corrected chi connectivity index (χ2v) is 8.46. The zero-order valence-corrected chi connectivity index (χ0v) is 16.8. The summed E-state index contributed by atoms with van der Waals surface area (Å²) in [5, 5.41) is 17.1. The minimum atomic E-state index is -4.39. The van der Waals surface area contributed by atoms with Crippen molar-refractivity contribution < 1.29 is 27.9 Å². The van der Waals surface area contributed by atoms with Gasteiger partial charge in [-0.2, -0.15) is 13.2 Å². The summed E-state index contributed by atoms with van der Waals surface area (Å²) in [5.74, 6) is -1.42. The van der Waals surface area contributed by atoms with E-state index in [0.29, 0.717) is 37.1 Å². The van der Waals surface area contributed by atoms with Gasteiger partial charge in [-0.25, -0.2) is 4.79 Å². The summed E-state index contributed by atoms with van der Waals surface area (Å²) in [7, 11) is 0. The van der Waals surface area contributed by atoms with Crippen molar-refractivity contribution >= 4 is 17.5 Å². The highest BCUT2D eigenvalue weighted by atomic mass is 19.4. The molecule has 3 heterocycles. The van der Waals surface area contributed by atoms with Gasteiger partial charge >= 0.3 is 12.1 Å². The van der Waals surface area contributed by atoms with E-state index in [1.165, 1.54) is 28.8 Å². The van der Waals surface area contributed by atoms with Crippen LogP contribution in [0.3, 0.4) is 0 Å². The molecule has 2 fully saturated rings. The Morgan fingerprint density at radius 3 is 2.34 bits per heavy atom. The standard InChI is InChI=1S/C22H19F3N4O3/c23-22(24,25)17-4-2-1-3-16(17)13-7-14-9-28(10-15(14)8-13)20(30)19-27-26-18-6-5-12(21(31)32)11-29(18)19/h1-6,11,13-15H,7-10H2,(H,31,32)/t13-,14+,15-. The second kappa shape index (κ2) is 7.32. The molecule has 1 aromatic carbocycles. The van der Waals surface area contributed by atoms with Gasteiger partial charge in [0.2, 0.25) is 5.82 Å². The maximum Gasteiger partial charge on any atom is 0.416 e. The number of alkyl halides is 3. The van der Waals surface area contributed by atoms with E-state index in [0.717, 1.165) is 6.07 Å². The number of aromatic carboxylic acids is 1. The van der Waals surface area contributed by atoms with Crippen molar-refractivity contribution in [3.05, 3.63) is 65.1 Å². The molecule has 0 spiro atoms. The van der Waals surface area contributed by atoms with E-state index < -0.39 is 17.7 Å². The number of hydrogen-bond donors (Lipinski definition) is 1. The summed E-state index contributed by atoms with van der Waals surface area (Å²) in [6.45, 7) is 0.865. The van der Waals surface area contributed by atoms with Crippen molar-refractivity contribution in [2.45, 2.75) is 24.9 Å². The third-order valence-corrected chi connectivity index (χ3v) is 6.58. The van der Waals surface area contributed by atoms with Crippen LogP contribution in [0.25, 0.3) is 5.65 Å². The first-order chi connectivity index (χ1) is 15.2.